The minimum atomic E-state index is -0.296. The lowest BCUT2D eigenvalue weighted by Gasteiger charge is -2.25. The highest BCUT2D eigenvalue weighted by Crippen LogP contribution is 2.02. The molecule has 1 aliphatic heterocycles. The second-order valence-electron chi connectivity index (χ2n) is 3.56. The van der Waals surface area contributed by atoms with E-state index in [1.165, 1.54) is 0 Å². The molecule has 1 aliphatic rings. The van der Waals surface area contributed by atoms with Crippen LogP contribution in [0.1, 0.15) is 13.3 Å². The second kappa shape index (κ2) is 6.85. The molecule has 0 aromatic rings. The Morgan fingerprint density at radius 3 is 2.81 bits per heavy atom. The number of hydrogen-bond acceptors (Lipinski definition) is 4. The summed E-state index contributed by atoms with van der Waals surface area (Å²) in [5.41, 5.74) is 0.162. The van der Waals surface area contributed by atoms with Gasteiger partial charge in [0.15, 0.2) is 0 Å². The maximum atomic E-state index is 11.5. The predicted molar refractivity (Wildman–Crippen MR) is 59.4 cm³/mol. The third-order valence-corrected chi connectivity index (χ3v) is 2.26. The van der Waals surface area contributed by atoms with Crippen LogP contribution in [0.4, 0.5) is 0 Å². The van der Waals surface area contributed by atoms with Crippen LogP contribution in [0.2, 0.25) is 0 Å². The summed E-state index contributed by atoms with van der Waals surface area (Å²) in [6.45, 7) is 5.31. The highest BCUT2D eigenvalue weighted by molar-refractivity contribution is 5.97. The van der Waals surface area contributed by atoms with Gasteiger partial charge in [0.05, 0.1) is 13.2 Å². The first-order valence-corrected chi connectivity index (χ1v) is 5.50. The quantitative estimate of drug-likeness (QED) is 0.548. The number of carbonyl (C=O) groups excluding carboxylic acids is 1. The predicted octanol–water partition coefficient (Wildman–Crippen LogP) is 0.252. The lowest BCUT2D eigenvalue weighted by Crippen LogP contribution is -2.34. The molecule has 0 aliphatic carbocycles. The van der Waals surface area contributed by atoms with E-state index < -0.39 is 0 Å². The van der Waals surface area contributed by atoms with Crippen molar-refractivity contribution in [3.8, 4) is 6.07 Å². The fraction of sp³-hybridized carbons (Fsp3) is 0.636. The molecule has 1 fully saturated rings. The Bertz CT molecular complexity index is 301. The number of morpholine rings is 1. The van der Waals surface area contributed by atoms with Crippen LogP contribution >= 0.6 is 0 Å². The highest BCUT2D eigenvalue weighted by atomic mass is 16.5. The molecule has 0 unspecified atom stereocenters. The number of nitrogens with one attached hydrogen (secondary N) is 1. The number of nitriles is 1. The van der Waals surface area contributed by atoms with Crippen LogP contribution in [-0.2, 0) is 9.53 Å². The Morgan fingerprint density at radius 1 is 1.56 bits per heavy atom. The summed E-state index contributed by atoms with van der Waals surface area (Å²) in [5, 5.41) is 11.6. The molecule has 16 heavy (non-hydrogen) atoms. The number of nitrogens with zero attached hydrogens (tertiary/aromatic N) is 2. The molecule has 0 atom stereocenters. The fourth-order valence-electron chi connectivity index (χ4n) is 1.36. The fourth-order valence-corrected chi connectivity index (χ4v) is 1.36. The zero-order valence-electron chi connectivity index (χ0n) is 9.53. The molecule has 0 bridgehead atoms. The van der Waals surface area contributed by atoms with Gasteiger partial charge < -0.3 is 15.0 Å². The zero-order valence-corrected chi connectivity index (χ0v) is 9.53. The van der Waals surface area contributed by atoms with Gasteiger partial charge in [0.2, 0.25) is 0 Å². The smallest absolute Gasteiger partial charge is 0.263 e. The van der Waals surface area contributed by atoms with Gasteiger partial charge in [0, 0.05) is 25.8 Å². The molecule has 1 rings (SSSR count). The third-order valence-electron chi connectivity index (χ3n) is 2.26. The van der Waals surface area contributed by atoms with Crippen LogP contribution in [0.5, 0.6) is 0 Å². The molecule has 0 aromatic heterocycles. The Hall–Kier alpha value is -1.54. The van der Waals surface area contributed by atoms with E-state index in [0.717, 1.165) is 19.5 Å². The summed E-state index contributed by atoms with van der Waals surface area (Å²) in [4.78, 5) is 13.5. The molecule has 0 radical (unpaired) electrons. The van der Waals surface area contributed by atoms with E-state index in [1.807, 2.05) is 17.9 Å². The number of rotatable bonds is 4. The van der Waals surface area contributed by atoms with Crippen molar-refractivity contribution in [3.05, 3.63) is 11.8 Å². The average molecular weight is 223 g/mol. The lowest BCUT2D eigenvalue weighted by molar-refractivity contribution is -0.117. The average Bonchev–Trinajstić information content (AvgIpc) is 2.34. The van der Waals surface area contributed by atoms with Crippen molar-refractivity contribution < 1.29 is 9.53 Å². The highest BCUT2D eigenvalue weighted by Gasteiger charge is 2.12. The molecule has 88 valence electrons. The van der Waals surface area contributed by atoms with Gasteiger partial charge in [0.25, 0.3) is 5.91 Å². The van der Waals surface area contributed by atoms with E-state index in [0.29, 0.717) is 19.8 Å². The topological polar surface area (TPSA) is 65.4 Å². The summed E-state index contributed by atoms with van der Waals surface area (Å²) in [6, 6.07) is 1.92. The largest absolute Gasteiger partial charge is 0.378 e. The minimum Gasteiger partial charge on any atom is -0.378 e. The normalized spacial score (nSPS) is 16.8. The van der Waals surface area contributed by atoms with Gasteiger partial charge in [-0.05, 0) is 6.42 Å². The first kappa shape index (κ1) is 12.5. The number of ether oxygens (including phenoxy) is 1. The third kappa shape index (κ3) is 3.91. The number of hydrogen-bond donors (Lipinski definition) is 1. The van der Waals surface area contributed by atoms with Gasteiger partial charge in [0.1, 0.15) is 11.6 Å². The molecule has 1 heterocycles. The molecular weight excluding hydrogens is 206 g/mol. The van der Waals surface area contributed by atoms with Crippen LogP contribution in [0.15, 0.2) is 11.8 Å². The van der Waals surface area contributed by atoms with Gasteiger partial charge in [-0.15, -0.1) is 0 Å². The Kier molecular flexibility index (Phi) is 5.37. The van der Waals surface area contributed by atoms with Gasteiger partial charge in [-0.25, -0.2) is 0 Å². The summed E-state index contributed by atoms with van der Waals surface area (Å²) >= 11 is 0. The SMILES string of the molecule is CCCNC(=O)C(C#N)=CN1CCOCC1. The van der Waals surface area contributed by atoms with Crippen LogP contribution in [0, 0.1) is 11.3 Å². The minimum absolute atomic E-state index is 0.162. The summed E-state index contributed by atoms with van der Waals surface area (Å²) in [5.74, 6) is -0.296. The van der Waals surface area contributed by atoms with E-state index >= 15 is 0 Å². The molecule has 1 N–H and O–H groups in total. The first-order valence-electron chi connectivity index (χ1n) is 5.50. The maximum absolute atomic E-state index is 11.5. The number of amides is 1. The lowest BCUT2D eigenvalue weighted by atomic mass is 10.2. The van der Waals surface area contributed by atoms with Gasteiger partial charge >= 0.3 is 0 Å². The van der Waals surface area contributed by atoms with Crippen LogP contribution in [0.3, 0.4) is 0 Å². The van der Waals surface area contributed by atoms with Crippen molar-refractivity contribution in [2.24, 2.45) is 0 Å². The molecule has 1 saturated heterocycles. The van der Waals surface area contributed by atoms with Crippen LogP contribution in [0.25, 0.3) is 0 Å². The molecule has 5 nitrogen and oxygen atoms in total. The Labute approximate surface area is 95.7 Å². The van der Waals surface area contributed by atoms with Crippen molar-refractivity contribution in [1.29, 1.82) is 5.26 Å². The van der Waals surface area contributed by atoms with E-state index in [2.05, 4.69) is 5.32 Å². The molecule has 5 heteroatoms. The van der Waals surface area contributed by atoms with Gasteiger partial charge in [-0.2, -0.15) is 5.26 Å². The van der Waals surface area contributed by atoms with Crippen molar-refractivity contribution in [3.63, 3.8) is 0 Å². The molecule has 0 aromatic carbocycles. The number of carbonyl (C=O) groups is 1. The van der Waals surface area contributed by atoms with Crippen molar-refractivity contribution in [2.75, 3.05) is 32.8 Å². The van der Waals surface area contributed by atoms with Crippen molar-refractivity contribution >= 4 is 5.91 Å². The summed E-state index contributed by atoms with van der Waals surface area (Å²) < 4.78 is 5.19. The monoisotopic (exact) mass is 223 g/mol. The molecular formula is C11H17N3O2. The second-order valence-corrected chi connectivity index (χ2v) is 3.56. The van der Waals surface area contributed by atoms with Gasteiger partial charge in [-0.1, -0.05) is 6.92 Å². The first-order chi connectivity index (χ1) is 7.77. The van der Waals surface area contributed by atoms with Crippen molar-refractivity contribution in [2.45, 2.75) is 13.3 Å². The zero-order chi connectivity index (χ0) is 11.8. The van der Waals surface area contributed by atoms with Crippen LogP contribution in [-0.4, -0.2) is 43.7 Å². The van der Waals surface area contributed by atoms with Gasteiger partial charge in [-0.3, -0.25) is 4.79 Å². The Morgan fingerprint density at radius 2 is 2.25 bits per heavy atom. The molecule has 0 spiro atoms. The van der Waals surface area contributed by atoms with E-state index in [4.69, 9.17) is 10.00 Å². The summed E-state index contributed by atoms with van der Waals surface area (Å²) in [6.07, 6.45) is 2.48. The Balaban J connectivity index is 2.54. The van der Waals surface area contributed by atoms with E-state index in [-0.39, 0.29) is 11.5 Å². The standard InChI is InChI=1S/C11H17N3O2/c1-2-3-13-11(15)10(8-12)9-14-4-6-16-7-5-14/h9H,2-7H2,1H3,(H,13,15). The van der Waals surface area contributed by atoms with Crippen molar-refractivity contribution in [1.82, 2.24) is 10.2 Å². The maximum Gasteiger partial charge on any atom is 0.263 e. The van der Waals surface area contributed by atoms with Crippen LogP contribution < -0.4 is 5.32 Å². The molecule has 0 saturated carbocycles. The van der Waals surface area contributed by atoms with E-state index in [1.54, 1.807) is 6.20 Å². The van der Waals surface area contributed by atoms with E-state index in [9.17, 15) is 4.79 Å². The molecule has 1 amide bonds. The summed E-state index contributed by atoms with van der Waals surface area (Å²) in [7, 11) is 0.